The molecular weight excluding hydrogens is 336 g/mol. The van der Waals surface area contributed by atoms with Gasteiger partial charge in [0.25, 0.3) is 5.91 Å². The number of anilines is 1. The Morgan fingerprint density at radius 1 is 1.29 bits per heavy atom. The zero-order chi connectivity index (χ0) is 15.0. The molecule has 5 nitrogen and oxygen atoms in total. The number of carbonyl (C=O) groups is 2. The highest BCUT2D eigenvalue weighted by Gasteiger charge is 2.27. The molecule has 0 unspecified atom stereocenters. The third-order valence-corrected chi connectivity index (χ3v) is 3.91. The van der Waals surface area contributed by atoms with Gasteiger partial charge in [0.15, 0.2) is 0 Å². The quantitative estimate of drug-likeness (QED) is 0.887. The topological polar surface area (TPSA) is 71.3 Å². The largest absolute Gasteiger partial charge is 0.478 e. The zero-order valence-electron chi connectivity index (χ0n) is 11.0. The van der Waals surface area contributed by atoms with E-state index in [4.69, 9.17) is 0 Å². The van der Waals surface area contributed by atoms with Crippen LogP contribution in [0.5, 0.6) is 0 Å². The normalized spacial score (nSPS) is 14.0. The summed E-state index contributed by atoms with van der Waals surface area (Å²) in [5.41, 5.74) is 0.898. The number of amides is 1. The first-order chi connectivity index (χ1) is 10.1. The molecular formula is C15H13BrN2O3. The lowest BCUT2D eigenvalue weighted by molar-refractivity contribution is 0.0698. The van der Waals surface area contributed by atoms with Crippen molar-refractivity contribution in [1.82, 2.24) is 4.57 Å². The highest BCUT2D eigenvalue weighted by molar-refractivity contribution is 9.10. The Kier molecular flexibility index (Phi) is 3.55. The number of nitrogens with one attached hydrogen (secondary N) is 1. The number of benzene rings is 1. The maximum Gasteiger partial charge on any atom is 0.337 e. The van der Waals surface area contributed by atoms with Crippen LogP contribution in [-0.4, -0.2) is 21.6 Å². The fourth-order valence-corrected chi connectivity index (χ4v) is 2.61. The van der Waals surface area contributed by atoms with Crippen molar-refractivity contribution in [3.05, 3.63) is 52.3 Å². The highest BCUT2D eigenvalue weighted by Crippen LogP contribution is 2.36. The molecule has 0 bridgehead atoms. The highest BCUT2D eigenvalue weighted by atomic mass is 79.9. The lowest BCUT2D eigenvalue weighted by Gasteiger charge is -2.11. The first-order valence-electron chi connectivity index (χ1n) is 6.57. The van der Waals surface area contributed by atoms with E-state index in [1.807, 2.05) is 16.8 Å². The van der Waals surface area contributed by atoms with Crippen molar-refractivity contribution in [3.63, 3.8) is 0 Å². The van der Waals surface area contributed by atoms with E-state index in [-0.39, 0.29) is 17.2 Å². The van der Waals surface area contributed by atoms with Gasteiger partial charge < -0.3 is 15.0 Å². The molecule has 1 heterocycles. The van der Waals surface area contributed by atoms with Gasteiger partial charge in [-0.25, -0.2) is 4.79 Å². The maximum atomic E-state index is 12.4. The number of nitrogens with zero attached hydrogens (tertiary/aromatic N) is 1. The number of aromatic nitrogens is 1. The van der Waals surface area contributed by atoms with Crippen LogP contribution in [0, 0.1) is 0 Å². The predicted molar refractivity (Wildman–Crippen MR) is 81.8 cm³/mol. The summed E-state index contributed by atoms with van der Waals surface area (Å²) in [7, 11) is 0. The summed E-state index contributed by atoms with van der Waals surface area (Å²) in [6, 6.07) is 8.64. The first-order valence-corrected chi connectivity index (χ1v) is 7.36. The van der Waals surface area contributed by atoms with Gasteiger partial charge in [0, 0.05) is 16.7 Å². The van der Waals surface area contributed by atoms with Crippen molar-refractivity contribution in [2.75, 3.05) is 5.32 Å². The summed E-state index contributed by atoms with van der Waals surface area (Å²) in [5.74, 6) is -1.37. The molecule has 2 N–H and O–H groups in total. The van der Waals surface area contributed by atoms with Gasteiger partial charge in [0.2, 0.25) is 0 Å². The van der Waals surface area contributed by atoms with Crippen LogP contribution in [0.15, 0.2) is 41.0 Å². The Morgan fingerprint density at radius 3 is 2.71 bits per heavy atom. The minimum Gasteiger partial charge on any atom is -0.478 e. The Morgan fingerprint density at radius 2 is 2.05 bits per heavy atom. The standard InChI is InChI=1S/C15H13BrN2O3/c16-9-3-6-11(15(20)21)12(8-9)17-14(19)13-2-1-7-18(13)10-4-5-10/h1-3,6-8,10H,4-5H2,(H,17,19)(H,20,21). The molecule has 1 aromatic carbocycles. The van der Waals surface area contributed by atoms with Crippen molar-refractivity contribution in [2.45, 2.75) is 18.9 Å². The van der Waals surface area contributed by atoms with Crippen LogP contribution in [0.4, 0.5) is 5.69 Å². The van der Waals surface area contributed by atoms with Crippen molar-refractivity contribution < 1.29 is 14.7 Å². The van der Waals surface area contributed by atoms with E-state index >= 15 is 0 Å². The van der Waals surface area contributed by atoms with Crippen LogP contribution < -0.4 is 5.32 Å². The average Bonchev–Trinajstić information content (AvgIpc) is 3.15. The summed E-state index contributed by atoms with van der Waals surface area (Å²) in [6.45, 7) is 0. The molecule has 2 aromatic rings. The predicted octanol–water partition coefficient (Wildman–Crippen LogP) is 3.54. The molecule has 21 heavy (non-hydrogen) atoms. The monoisotopic (exact) mass is 348 g/mol. The van der Waals surface area contributed by atoms with Gasteiger partial charge in [0.05, 0.1) is 11.3 Å². The summed E-state index contributed by atoms with van der Waals surface area (Å²) in [6.07, 6.45) is 4.03. The molecule has 3 rings (SSSR count). The number of rotatable bonds is 4. The minimum absolute atomic E-state index is 0.0658. The number of aromatic carboxylic acids is 1. The van der Waals surface area contributed by atoms with Crippen molar-refractivity contribution in [1.29, 1.82) is 0 Å². The van der Waals surface area contributed by atoms with Gasteiger partial charge in [-0.05, 0) is 43.2 Å². The molecule has 6 heteroatoms. The van der Waals surface area contributed by atoms with Gasteiger partial charge >= 0.3 is 5.97 Å². The van der Waals surface area contributed by atoms with Crippen molar-refractivity contribution in [2.24, 2.45) is 0 Å². The SMILES string of the molecule is O=C(O)c1ccc(Br)cc1NC(=O)c1cccn1C1CC1. The summed E-state index contributed by atoms with van der Waals surface area (Å²) in [4.78, 5) is 23.6. The number of carbonyl (C=O) groups excluding carboxylic acids is 1. The lowest BCUT2D eigenvalue weighted by atomic mass is 10.1. The number of hydrogen-bond acceptors (Lipinski definition) is 2. The average molecular weight is 349 g/mol. The van der Waals surface area contributed by atoms with Crippen LogP contribution in [0.2, 0.25) is 0 Å². The smallest absolute Gasteiger partial charge is 0.337 e. The van der Waals surface area contributed by atoms with Gasteiger partial charge in [-0.15, -0.1) is 0 Å². The molecule has 0 radical (unpaired) electrons. The lowest BCUT2D eigenvalue weighted by Crippen LogP contribution is -2.18. The van der Waals surface area contributed by atoms with E-state index in [1.54, 1.807) is 18.2 Å². The molecule has 0 saturated heterocycles. The number of halogens is 1. The van der Waals surface area contributed by atoms with Crippen LogP contribution in [0.3, 0.4) is 0 Å². The molecule has 0 atom stereocenters. The second kappa shape index (κ2) is 5.37. The number of carboxylic acid groups (broad SMARTS) is 1. The maximum absolute atomic E-state index is 12.4. The zero-order valence-corrected chi connectivity index (χ0v) is 12.6. The van der Waals surface area contributed by atoms with Crippen molar-refractivity contribution in [3.8, 4) is 0 Å². The number of carboxylic acids is 1. The summed E-state index contributed by atoms with van der Waals surface area (Å²) < 4.78 is 2.65. The Labute approximate surface area is 129 Å². The minimum atomic E-state index is -1.07. The van der Waals surface area contributed by atoms with E-state index in [2.05, 4.69) is 21.2 Å². The Hall–Kier alpha value is -2.08. The van der Waals surface area contributed by atoms with E-state index in [0.29, 0.717) is 16.2 Å². The molecule has 0 aliphatic heterocycles. The fraction of sp³-hybridized carbons (Fsp3) is 0.200. The van der Waals surface area contributed by atoms with Gasteiger partial charge in [0.1, 0.15) is 5.69 Å². The first kappa shape index (κ1) is 13.9. The van der Waals surface area contributed by atoms with Crippen LogP contribution in [0.1, 0.15) is 39.7 Å². The van der Waals surface area contributed by atoms with E-state index in [9.17, 15) is 14.7 Å². The third-order valence-electron chi connectivity index (χ3n) is 3.41. The summed E-state index contributed by atoms with van der Waals surface area (Å²) in [5, 5.41) is 11.9. The molecule has 1 aromatic heterocycles. The van der Waals surface area contributed by atoms with Crippen LogP contribution >= 0.6 is 15.9 Å². The van der Waals surface area contributed by atoms with E-state index in [1.165, 1.54) is 6.07 Å². The van der Waals surface area contributed by atoms with Gasteiger partial charge in [-0.1, -0.05) is 15.9 Å². The van der Waals surface area contributed by atoms with Gasteiger partial charge in [-0.2, -0.15) is 0 Å². The van der Waals surface area contributed by atoms with E-state index in [0.717, 1.165) is 12.8 Å². The second-order valence-electron chi connectivity index (χ2n) is 4.98. The van der Waals surface area contributed by atoms with Crippen LogP contribution in [-0.2, 0) is 0 Å². The molecule has 0 spiro atoms. The Balaban J connectivity index is 1.89. The van der Waals surface area contributed by atoms with E-state index < -0.39 is 5.97 Å². The Bertz CT molecular complexity index is 719. The van der Waals surface area contributed by atoms with Crippen LogP contribution in [0.25, 0.3) is 0 Å². The molecule has 1 fully saturated rings. The van der Waals surface area contributed by atoms with Crippen molar-refractivity contribution >= 4 is 33.5 Å². The third kappa shape index (κ3) is 2.85. The molecule has 108 valence electrons. The molecule has 1 amide bonds. The fourth-order valence-electron chi connectivity index (χ4n) is 2.25. The second-order valence-corrected chi connectivity index (χ2v) is 5.90. The van der Waals surface area contributed by atoms with Gasteiger partial charge in [-0.3, -0.25) is 4.79 Å². The number of hydrogen-bond donors (Lipinski definition) is 2. The molecule has 1 saturated carbocycles. The molecule has 1 aliphatic carbocycles. The molecule has 1 aliphatic rings. The summed E-state index contributed by atoms with van der Waals surface area (Å²) >= 11 is 3.28.